The first-order valence-electron chi connectivity index (χ1n) is 13.5. The lowest BCUT2D eigenvalue weighted by atomic mass is 10.0. The monoisotopic (exact) mass is 500 g/mol. The Morgan fingerprint density at radius 1 is 0.622 bits per heavy atom. The van der Waals surface area contributed by atoms with Gasteiger partial charge in [-0.25, -0.2) is 5.48 Å². The Balaban J connectivity index is 1.32. The molecule has 0 saturated heterocycles. The molecule has 0 saturated carbocycles. The molecule has 5 nitrogen and oxygen atoms in total. The average molecular weight is 501 g/mol. The molecule has 196 valence electrons. The van der Waals surface area contributed by atoms with Crippen LogP contribution in [0.3, 0.4) is 0 Å². The Labute approximate surface area is 221 Å². The van der Waals surface area contributed by atoms with Crippen LogP contribution in [0.4, 0.5) is 0 Å². The first-order valence-corrected chi connectivity index (χ1v) is 13.5. The van der Waals surface area contributed by atoms with Gasteiger partial charge in [0.1, 0.15) is 6.04 Å². The third-order valence-corrected chi connectivity index (χ3v) is 6.40. The summed E-state index contributed by atoms with van der Waals surface area (Å²) < 4.78 is 0. The van der Waals surface area contributed by atoms with Crippen LogP contribution in [-0.4, -0.2) is 17.9 Å². The molecule has 0 aliphatic rings. The van der Waals surface area contributed by atoms with E-state index in [4.69, 9.17) is 4.84 Å². The highest BCUT2D eigenvalue weighted by atomic mass is 16.6. The van der Waals surface area contributed by atoms with Crippen LogP contribution >= 0.6 is 0 Å². The minimum Gasteiger partial charge on any atom is -0.344 e. The van der Waals surface area contributed by atoms with E-state index in [2.05, 4.69) is 41.1 Å². The molecule has 0 aliphatic carbocycles. The molecule has 2 amide bonds. The molecule has 0 spiro atoms. The van der Waals surface area contributed by atoms with Crippen LogP contribution in [0.2, 0.25) is 0 Å². The second-order valence-corrected chi connectivity index (χ2v) is 9.51. The molecule has 3 aromatic carbocycles. The zero-order valence-corrected chi connectivity index (χ0v) is 21.7. The lowest BCUT2D eigenvalue weighted by molar-refractivity contribution is -0.139. The highest BCUT2D eigenvalue weighted by molar-refractivity contribution is 5.87. The first-order chi connectivity index (χ1) is 18.2. The second kappa shape index (κ2) is 17.1. The van der Waals surface area contributed by atoms with E-state index < -0.39 is 6.04 Å². The van der Waals surface area contributed by atoms with Gasteiger partial charge in [-0.05, 0) is 36.0 Å². The largest absolute Gasteiger partial charge is 0.344 e. The van der Waals surface area contributed by atoms with Crippen molar-refractivity contribution in [2.45, 2.75) is 76.9 Å². The molecule has 5 heteroatoms. The number of hydroxylamine groups is 1. The molecule has 2 N–H and O–H groups in total. The number of benzene rings is 3. The van der Waals surface area contributed by atoms with Crippen LogP contribution in [0.15, 0.2) is 91.0 Å². The first kappa shape index (κ1) is 28.1. The molecule has 37 heavy (non-hydrogen) atoms. The number of rotatable bonds is 17. The van der Waals surface area contributed by atoms with E-state index in [1.807, 2.05) is 60.7 Å². The molecule has 0 aliphatic heterocycles. The summed E-state index contributed by atoms with van der Waals surface area (Å²) in [4.78, 5) is 30.8. The lowest BCUT2D eigenvalue weighted by Crippen LogP contribution is -2.47. The Kier molecular flexibility index (Phi) is 13.0. The molecule has 0 unspecified atom stereocenters. The summed E-state index contributed by atoms with van der Waals surface area (Å²) in [5.41, 5.74) is 5.87. The standard InChI is InChI=1S/C32H40N2O3/c35-31(24-16-5-3-1-2-4-9-17-27-18-10-6-11-19-27)33-30(25-28-20-12-7-13-21-28)32(36)34-37-26-29-22-14-8-15-23-29/h6-8,10-15,18-23,30H,1-5,9,16-17,24-26H2,(H,33,35)(H,34,36)/t30-/m1/s1. The van der Waals surface area contributed by atoms with Crippen molar-refractivity contribution in [1.82, 2.24) is 10.8 Å². The number of nitrogens with one attached hydrogen (secondary N) is 2. The molecule has 0 aromatic heterocycles. The number of aryl methyl sites for hydroxylation is 1. The lowest BCUT2D eigenvalue weighted by Gasteiger charge is -2.18. The van der Waals surface area contributed by atoms with E-state index >= 15 is 0 Å². The highest BCUT2D eigenvalue weighted by Gasteiger charge is 2.21. The van der Waals surface area contributed by atoms with Crippen molar-refractivity contribution >= 4 is 11.8 Å². The molecular formula is C32H40N2O3. The van der Waals surface area contributed by atoms with E-state index in [0.29, 0.717) is 12.8 Å². The molecular weight excluding hydrogens is 460 g/mol. The maximum absolute atomic E-state index is 12.8. The van der Waals surface area contributed by atoms with Crippen LogP contribution in [0, 0.1) is 0 Å². The van der Waals surface area contributed by atoms with Gasteiger partial charge in [-0.15, -0.1) is 0 Å². The molecule has 3 aromatic rings. The van der Waals surface area contributed by atoms with Gasteiger partial charge in [0.05, 0.1) is 6.61 Å². The third kappa shape index (κ3) is 11.9. The fraction of sp³-hybridized carbons (Fsp3) is 0.375. The number of hydrogen-bond donors (Lipinski definition) is 2. The van der Waals surface area contributed by atoms with Crippen molar-refractivity contribution in [2.75, 3.05) is 0 Å². The molecule has 0 bridgehead atoms. The van der Waals surface area contributed by atoms with Crippen molar-refractivity contribution < 1.29 is 14.4 Å². The number of hydrogen-bond acceptors (Lipinski definition) is 3. The van der Waals surface area contributed by atoms with Crippen LogP contribution in [-0.2, 0) is 33.9 Å². The van der Waals surface area contributed by atoms with E-state index in [9.17, 15) is 9.59 Å². The average Bonchev–Trinajstić information content (AvgIpc) is 2.93. The van der Waals surface area contributed by atoms with Gasteiger partial charge in [0, 0.05) is 12.8 Å². The van der Waals surface area contributed by atoms with Crippen molar-refractivity contribution in [1.29, 1.82) is 0 Å². The third-order valence-electron chi connectivity index (χ3n) is 6.40. The van der Waals surface area contributed by atoms with Crippen molar-refractivity contribution in [3.63, 3.8) is 0 Å². The van der Waals surface area contributed by atoms with Gasteiger partial charge in [-0.1, -0.05) is 123 Å². The summed E-state index contributed by atoms with van der Waals surface area (Å²) in [5.74, 6) is -0.439. The van der Waals surface area contributed by atoms with Crippen molar-refractivity contribution in [3.8, 4) is 0 Å². The Morgan fingerprint density at radius 3 is 1.76 bits per heavy atom. The number of carbonyl (C=O) groups is 2. The maximum atomic E-state index is 12.8. The predicted octanol–water partition coefficient (Wildman–Crippen LogP) is 6.33. The van der Waals surface area contributed by atoms with Crippen LogP contribution < -0.4 is 10.8 Å². The Morgan fingerprint density at radius 2 is 1.14 bits per heavy atom. The summed E-state index contributed by atoms with van der Waals surface area (Å²) in [6, 6.07) is 29.3. The highest BCUT2D eigenvalue weighted by Crippen LogP contribution is 2.12. The zero-order valence-electron chi connectivity index (χ0n) is 21.7. The second-order valence-electron chi connectivity index (χ2n) is 9.51. The SMILES string of the molecule is O=C(CCCCCCCCCc1ccccc1)N[C@H](Cc1ccccc1)C(=O)NOCc1ccccc1. The van der Waals surface area contributed by atoms with E-state index in [1.165, 1.54) is 31.2 Å². The van der Waals surface area contributed by atoms with Gasteiger partial charge in [0.25, 0.3) is 5.91 Å². The molecule has 3 rings (SSSR count). The summed E-state index contributed by atoms with van der Waals surface area (Å²) in [5, 5.41) is 2.92. The Bertz CT molecular complexity index is 1030. The molecule has 0 radical (unpaired) electrons. The summed E-state index contributed by atoms with van der Waals surface area (Å²) in [7, 11) is 0. The summed E-state index contributed by atoms with van der Waals surface area (Å²) in [6.07, 6.45) is 9.91. The number of amides is 2. The zero-order chi connectivity index (χ0) is 26.0. The van der Waals surface area contributed by atoms with Crippen LogP contribution in [0.25, 0.3) is 0 Å². The van der Waals surface area contributed by atoms with Crippen molar-refractivity contribution in [3.05, 3.63) is 108 Å². The number of carbonyl (C=O) groups excluding carboxylic acids is 2. The fourth-order valence-electron chi connectivity index (χ4n) is 4.30. The maximum Gasteiger partial charge on any atom is 0.266 e. The van der Waals surface area contributed by atoms with Gasteiger partial charge < -0.3 is 5.32 Å². The van der Waals surface area contributed by atoms with E-state index in [-0.39, 0.29) is 18.4 Å². The molecule has 0 fully saturated rings. The number of unbranched alkanes of at least 4 members (excludes halogenated alkanes) is 6. The van der Waals surface area contributed by atoms with Gasteiger partial charge in [0.15, 0.2) is 0 Å². The normalized spacial score (nSPS) is 11.6. The van der Waals surface area contributed by atoms with Gasteiger partial charge in [0.2, 0.25) is 5.91 Å². The molecule has 0 heterocycles. The van der Waals surface area contributed by atoms with Crippen LogP contribution in [0.5, 0.6) is 0 Å². The smallest absolute Gasteiger partial charge is 0.266 e. The van der Waals surface area contributed by atoms with Gasteiger partial charge in [-0.2, -0.15) is 0 Å². The predicted molar refractivity (Wildman–Crippen MR) is 149 cm³/mol. The quantitative estimate of drug-likeness (QED) is 0.168. The topological polar surface area (TPSA) is 67.4 Å². The molecule has 1 atom stereocenters. The van der Waals surface area contributed by atoms with Gasteiger partial charge >= 0.3 is 0 Å². The van der Waals surface area contributed by atoms with Crippen LogP contribution in [0.1, 0.15) is 68.1 Å². The van der Waals surface area contributed by atoms with E-state index in [0.717, 1.165) is 36.8 Å². The Hall–Kier alpha value is -3.44. The fourth-order valence-corrected chi connectivity index (χ4v) is 4.30. The minimum atomic E-state index is -0.685. The van der Waals surface area contributed by atoms with E-state index in [1.54, 1.807) is 0 Å². The summed E-state index contributed by atoms with van der Waals surface area (Å²) in [6.45, 7) is 0.269. The summed E-state index contributed by atoms with van der Waals surface area (Å²) >= 11 is 0. The van der Waals surface area contributed by atoms with Gasteiger partial charge in [-0.3, -0.25) is 14.4 Å². The minimum absolute atomic E-state index is 0.0954. The van der Waals surface area contributed by atoms with Crippen molar-refractivity contribution in [2.24, 2.45) is 0 Å².